The molecule has 6 nitrogen and oxygen atoms in total. The van der Waals surface area contributed by atoms with E-state index in [0.29, 0.717) is 34.9 Å². The van der Waals surface area contributed by atoms with Gasteiger partial charge in [0.1, 0.15) is 23.1 Å². The van der Waals surface area contributed by atoms with Gasteiger partial charge in [0.05, 0.1) is 12.2 Å². The molecule has 3 rings (SSSR count). The first-order chi connectivity index (χ1) is 15.5. The lowest BCUT2D eigenvalue weighted by molar-refractivity contribution is -0.112. The van der Waals surface area contributed by atoms with Crippen molar-refractivity contribution >= 4 is 39.6 Å². The Morgan fingerprint density at radius 1 is 1.03 bits per heavy atom. The number of esters is 1. The third-order valence-corrected chi connectivity index (χ3v) is 4.78. The fraction of sp³-hybridized carbons (Fsp3) is 0.0800. The summed E-state index contributed by atoms with van der Waals surface area (Å²) in [4.78, 5) is 24.7. The number of nitrogens with one attached hydrogen (secondary N) is 1. The fourth-order valence-electron chi connectivity index (χ4n) is 2.73. The van der Waals surface area contributed by atoms with Gasteiger partial charge >= 0.3 is 5.97 Å². The molecule has 3 aromatic carbocycles. The molecule has 0 bridgehead atoms. The molecule has 0 radical (unpaired) electrons. The van der Waals surface area contributed by atoms with Crippen LogP contribution in [0, 0.1) is 11.3 Å². The minimum Gasteiger partial charge on any atom is -0.494 e. The van der Waals surface area contributed by atoms with Crippen LogP contribution < -0.4 is 14.8 Å². The van der Waals surface area contributed by atoms with Crippen LogP contribution in [-0.4, -0.2) is 18.5 Å². The summed E-state index contributed by atoms with van der Waals surface area (Å²) in [6, 6.07) is 22.2. The van der Waals surface area contributed by atoms with Crippen LogP contribution in [0.15, 0.2) is 82.8 Å². The zero-order chi connectivity index (χ0) is 22.9. The third kappa shape index (κ3) is 6.30. The van der Waals surface area contributed by atoms with E-state index in [1.165, 1.54) is 6.08 Å². The summed E-state index contributed by atoms with van der Waals surface area (Å²) in [6.45, 7) is 2.38. The van der Waals surface area contributed by atoms with Crippen molar-refractivity contribution in [3.8, 4) is 17.6 Å². The Morgan fingerprint density at radius 2 is 1.75 bits per heavy atom. The average Bonchev–Trinajstić information content (AvgIpc) is 2.79. The lowest BCUT2D eigenvalue weighted by atomic mass is 10.1. The largest absolute Gasteiger partial charge is 0.494 e. The zero-order valence-corrected chi connectivity index (χ0v) is 18.8. The molecule has 0 spiro atoms. The standard InChI is InChI=1S/C25H19BrN2O4/c1-2-31-23-5-3-4-21(15-23)28-24(29)19(16-27)14-17-6-12-22(13-7-17)32-25(30)18-8-10-20(26)11-9-18/h3-15H,2H2,1H3,(H,28,29)/b19-14+. The highest BCUT2D eigenvalue weighted by molar-refractivity contribution is 9.10. The number of ether oxygens (including phenoxy) is 2. The first kappa shape index (κ1) is 22.8. The maximum Gasteiger partial charge on any atom is 0.343 e. The minimum atomic E-state index is -0.535. The number of anilines is 1. The van der Waals surface area contributed by atoms with E-state index < -0.39 is 11.9 Å². The number of carbonyl (C=O) groups is 2. The second-order valence-corrected chi connectivity index (χ2v) is 7.47. The lowest BCUT2D eigenvalue weighted by Crippen LogP contribution is -2.13. The molecule has 1 amide bonds. The number of hydrogen-bond donors (Lipinski definition) is 1. The smallest absolute Gasteiger partial charge is 0.343 e. The van der Waals surface area contributed by atoms with Gasteiger partial charge in [0.15, 0.2) is 0 Å². The molecule has 0 saturated heterocycles. The van der Waals surface area contributed by atoms with Gasteiger partial charge < -0.3 is 14.8 Å². The maximum atomic E-state index is 12.5. The summed E-state index contributed by atoms with van der Waals surface area (Å²) in [5, 5.41) is 12.1. The first-order valence-electron chi connectivity index (χ1n) is 9.72. The number of benzene rings is 3. The van der Waals surface area contributed by atoms with Gasteiger partial charge in [0.2, 0.25) is 0 Å². The molecule has 0 aliphatic carbocycles. The molecule has 0 unspecified atom stereocenters. The van der Waals surface area contributed by atoms with Crippen molar-refractivity contribution in [2.45, 2.75) is 6.92 Å². The Bertz CT molecular complexity index is 1180. The van der Waals surface area contributed by atoms with Crippen molar-refractivity contribution < 1.29 is 19.1 Å². The van der Waals surface area contributed by atoms with Crippen LogP contribution in [0.2, 0.25) is 0 Å². The molecule has 0 saturated carbocycles. The van der Waals surface area contributed by atoms with Crippen LogP contribution in [0.25, 0.3) is 6.08 Å². The highest BCUT2D eigenvalue weighted by Crippen LogP contribution is 2.20. The minimum absolute atomic E-state index is 0.0635. The Kier molecular flexibility index (Phi) is 7.79. The molecule has 3 aromatic rings. The topological polar surface area (TPSA) is 88.4 Å². The Morgan fingerprint density at radius 3 is 2.41 bits per heavy atom. The van der Waals surface area contributed by atoms with Gasteiger partial charge in [-0.05, 0) is 67.1 Å². The number of carbonyl (C=O) groups excluding carboxylic acids is 2. The van der Waals surface area contributed by atoms with Crippen LogP contribution in [-0.2, 0) is 4.79 Å². The van der Waals surface area contributed by atoms with E-state index in [2.05, 4.69) is 21.2 Å². The SMILES string of the molecule is CCOc1cccc(NC(=O)/C(C#N)=C/c2ccc(OC(=O)c3ccc(Br)cc3)cc2)c1. The number of halogens is 1. The van der Waals surface area contributed by atoms with E-state index >= 15 is 0 Å². The number of nitriles is 1. The first-order valence-corrected chi connectivity index (χ1v) is 10.5. The molecular weight excluding hydrogens is 472 g/mol. The van der Waals surface area contributed by atoms with E-state index in [0.717, 1.165) is 4.47 Å². The third-order valence-electron chi connectivity index (χ3n) is 4.25. The van der Waals surface area contributed by atoms with Crippen molar-refractivity contribution in [1.82, 2.24) is 0 Å². The molecule has 0 aromatic heterocycles. The second kappa shape index (κ2) is 10.9. The predicted octanol–water partition coefficient (Wildman–Crippen LogP) is 5.61. The van der Waals surface area contributed by atoms with E-state index in [4.69, 9.17) is 9.47 Å². The molecule has 32 heavy (non-hydrogen) atoms. The molecule has 160 valence electrons. The van der Waals surface area contributed by atoms with Crippen LogP contribution in [0.5, 0.6) is 11.5 Å². The quantitative estimate of drug-likeness (QED) is 0.201. The van der Waals surface area contributed by atoms with Crippen LogP contribution in [0.1, 0.15) is 22.8 Å². The summed E-state index contributed by atoms with van der Waals surface area (Å²) < 4.78 is 11.6. The van der Waals surface area contributed by atoms with E-state index in [-0.39, 0.29) is 5.57 Å². The summed E-state index contributed by atoms with van der Waals surface area (Å²) in [5.41, 5.74) is 1.50. The van der Waals surface area contributed by atoms with Crippen molar-refractivity contribution in [3.63, 3.8) is 0 Å². The van der Waals surface area contributed by atoms with E-state index in [1.54, 1.807) is 72.8 Å². The molecule has 0 heterocycles. The van der Waals surface area contributed by atoms with Crippen LogP contribution >= 0.6 is 15.9 Å². The number of rotatable bonds is 7. The fourth-order valence-corrected chi connectivity index (χ4v) is 2.99. The summed E-state index contributed by atoms with van der Waals surface area (Å²) in [7, 11) is 0. The maximum absolute atomic E-state index is 12.5. The summed E-state index contributed by atoms with van der Waals surface area (Å²) >= 11 is 3.32. The van der Waals surface area contributed by atoms with Crippen molar-refractivity contribution in [3.05, 3.63) is 94.0 Å². The number of amides is 1. The molecule has 7 heteroatoms. The van der Waals surface area contributed by atoms with Gasteiger partial charge in [-0.1, -0.05) is 34.1 Å². The van der Waals surface area contributed by atoms with Crippen molar-refractivity contribution in [1.29, 1.82) is 5.26 Å². The highest BCUT2D eigenvalue weighted by atomic mass is 79.9. The molecule has 1 N–H and O–H groups in total. The van der Waals surface area contributed by atoms with Gasteiger partial charge in [0.25, 0.3) is 5.91 Å². The van der Waals surface area contributed by atoms with E-state index in [1.807, 2.05) is 13.0 Å². The Hall–Kier alpha value is -3.89. The predicted molar refractivity (Wildman–Crippen MR) is 125 cm³/mol. The van der Waals surface area contributed by atoms with Gasteiger partial charge in [-0.2, -0.15) is 5.26 Å². The second-order valence-electron chi connectivity index (χ2n) is 6.55. The Labute approximate surface area is 194 Å². The normalized spacial score (nSPS) is 10.7. The van der Waals surface area contributed by atoms with Crippen LogP contribution in [0.3, 0.4) is 0 Å². The number of nitrogens with zero attached hydrogens (tertiary/aromatic N) is 1. The lowest BCUT2D eigenvalue weighted by Gasteiger charge is -2.08. The van der Waals surface area contributed by atoms with Gasteiger partial charge in [0, 0.05) is 16.2 Å². The average molecular weight is 491 g/mol. The molecular formula is C25H19BrN2O4. The highest BCUT2D eigenvalue weighted by Gasteiger charge is 2.11. The molecule has 0 fully saturated rings. The molecule has 0 aliphatic rings. The number of hydrogen-bond acceptors (Lipinski definition) is 5. The van der Waals surface area contributed by atoms with Crippen molar-refractivity contribution in [2.24, 2.45) is 0 Å². The van der Waals surface area contributed by atoms with Crippen molar-refractivity contribution in [2.75, 3.05) is 11.9 Å². The zero-order valence-electron chi connectivity index (χ0n) is 17.2. The van der Waals surface area contributed by atoms with Gasteiger partial charge in [-0.25, -0.2) is 4.79 Å². The Balaban J connectivity index is 1.67. The monoisotopic (exact) mass is 490 g/mol. The van der Waals surface area contributed by atoms with Gasteiger partial charge in [-0.3, -0.25) is 4.79 Å². The summed E-state index contributed by atoms with van der Waals surface area (Å²) in [5.74, 6) is -0.0362. The van der Waals surface area contributed by atoms with Gasteiger partial charge in [-0.15, -0.1) is 0 Å². The van der Waals surface area contributed by atoms with Crippen LogP contribution in [0.4, 0.5) is 5.69 Å². The van der Waals surface area contributed by atoms with E-state index in [9.17, 15) is 14.9 Å². The summed E-state index contributed by atoms with van der Waals surface area (Å²) in [6.07, 6.45) is 1.46. The molecule has 0 atom stereocenters. The molecule has 0 aliphatic heterocycles.